The van der Waals surface area contributed by atoms with Gasteiger partial charge in [-0.3, -0.25) is 9.69 Å². The lowest BCUT2D eigenvalue weighted by Gasteiger charge is -2.14. The Kier molecular flexibility index (Phi) is 3.63. The zero-order chi connectivity index (χ0) is 16.5. The van der Waals surface area contributed by atoms with Gasteiger partial charge in [-0.1, -0.05) is 29.5 Å². The van der Waals surface area contributed by atoms with Crippen molar-refractivity contribution in [3.63, 3.8) is 0 Å². The van der Waals surface area contributed by atoms with Crippen LogP contribution in [0.3, 0.4) is 0 Å². The van der Waals surface area contributed by atoms with Crippen LogP contribution in [0.5, 0.6) is 0 Å². The van der Waals surface area contributed by atoms with E-state index in [1.165, 1.54) is 11.3 Å². The number of nitrogens with zero attached hydrogens (tertiary/aromatic N) is 3. The molecule has 5 heteroatoms. The number of hydrogen-bond donors (Lipinski definition) is 0. The minimum absolute atomic E-state index is 0.0666. The number of fused-ring (bicyclic) bond motifs is 1. The summed E-state index contributed by atoms with van der Waals surface area (Å²) in [6, 6.07) is 19.4. The molecule has 4 aromatic rings. The number of rotatable bonds is 3. The molecular weight excluding hydrogens is 318 g/mol. The average molecular weight is 333 g/mol. The molecule has 0 unspecified atom stereocenters. The molecule has 0 atom stereocenters. The number of anilines is 1. The van der Waals surface area contributed by atoms with Gasteiger partial charge in [0.2, 0.25) is 0 Å². The van der Waals surface area contributed by atoms with Gasteiger partial charge in [-0.05, 0) is 42.5 Å². The van der Waals surface area contributed by atoms with E-state index in [0.29, 0.717) is 10.7 Å². The number of carbonyl (C=O) groups is 1. The largest absolute Gasteiger partial charge is 0.324 e. The second-order valence-electron chi connectivity index (χ2n) is 5.47. The molecule has 0 aliphatic heterocycles. The third-order valence-electron chi connectivity index (χ3n) is 3.87. The van der Waals surface area contributed by atoms with Crippen LogP contribution >= 0.6 is 11.3 Å². The van der Waals surface area contributed by atoms with Crippen molar-refractivity contribution in [3.8, 4) is 5.69 Å². The first-order chi connectivity index (χ1) is 11.7. The monoisotopic (exact) mass is 333 g/mol. The van der Waals surface area contributed by atoms with E-state index < -0.39 is 0 Å². The standard InChI is InChI=1S/C19H15N3OS/c1-21(19-20-16-9-2-3-10-17(16)24-19)18(23)14-7-6-8-15(13-14)22-11-4-5-12-22/h2-13H,1H3. The van der Waals surface area contributed by atoms with Crippen molar-refractivity contribution >= 4 is 32.6 Å². The Hall–Kier alpha value is -2.92. The lowest BCUT2D eigenvalue weighted by molar-refractivity contribution is 0.0993. The molecule has 0 saturated carbocycles. The fraction of sp³-hybridized carbons (Fsp3) is 0.0526. The van der Waals surface area contributed by atoms with Crippen LogP contribution in [0.2, 0.25) is 0 Å². The van der Waals surface area contributed by atoms with Crippen molar-refractivity contribution in [2.75, 3.05) is 11.9 Å². The van der Waals surface area contributed by atoms with E-state index in [0.717, 1.165) is 15.9 Å². The van der Waals surface area contributed by atoms with Crippen LogP contribution in [0.15, 0.2) is 73.1 Å². The quantitative estimate of drug-likeness (QED) is 0.558. The van der Waals surface area contributed by atoms with Gasteiger partial charge >= 0.3 is 0 Å². The molecular formula is C19H15N3OS. The van der Waals surface area contributed by atoms with Gasteiger partial charge in [-0.25, -0.2) is 4.98 Å². The van der Waals surface area contributed by atoms with Crippen LogP contribution in [-0.4, -0.2) is 22.5 Å². The molecule has 4 nitrogen and oxygen atoms in total. The van der Waals surface area contributed by atoms with Crippen molar-refractivity contribution in [2.45, 2.75) is 0 Å². The summed E-state index contributed by atoms with van der Waals surface area (Å²) < 4.78 is 3.06. The van der Waals surface area contributed by atoms with Gasteiger partial charge in [0.05, 0.1) is 10.2 Å². The number of carbonyl (C=O) groups excluding carboxylic acids is 1. The maximum Gasteiger partial charge on any atom is 0.259 e. The van der Waals surface area contributed by atoms with Gasteiger partial charge in [0, 0.05) is 30.7 Å². The van der Waals surface area contributed by atoms with Gasteiger partial charge in [-0.15, -0.1) is 0 Å². The van der Waals surface area contributed by atoms with Crippen LogP contribution in [0.25, 0.3) is 15.9 Å². The maximum absolute atomic E-state index is 12.8. The fourth-order valence-corrected chi connectivity index (χ4v) is 3.52. The molecule has 0 saturated heterocycles. The summed E-state index contributed by atoms with van der Waals surface area (Å²) in [5.41, 5.74) is 2.52. The van der Waals surface area contributed by atoms with Crippen molar-refractivity contribution in [3.05, 3.63) is 78.6 Å². The lowest BCUT2D eigenvalue weighted by Crippen LogP contribution is -2.26. The topological polar surface area (TPSA) is 38.1 Å². The van der Waals surface area contributed by atoms with Crippen LogP contribution in [-0.2, 0) is 0 Å². The first-order valence-electron chi connectivity index (χ1n) is 7.59. The van der Waals surface area contributed by atoms with Gasteiger partial charge in [0.15, 0.2) is 5.13 Å². The molecule has 0 fully saturated rings. The first-order valence-corrected chi connectivity index (χ1v) is 8.41. The number of amides is 1. The van der Waals surface area contributed by atoms with E-state index in [1.54, 1.807) is 11.9 Å². The third-order valence-corrected chi connectivity index (χ3v) is 4.98. The van der Waals surface area contributed by atoms with E-state index in [2.05, 4.69) is 4.98 Å². The highest BCUT2D eigenvalue weighted by molar-refractivity contribution is 7.22. The van der Waals surface area contributed by atoms with Crippen molar-refractivity contribution in [1.29, 1.82) is 0 Å². The van der Waals surface area contributed by atoms with Crippen LogP contribution < -0.4 is 4.90 Å². The molecule has 2 heterocycles. The summed E-state index contributed by atoms with van der Waals surface area (Å²) in [5.74, 6) is -0.0666. The smallest absolute Gasteiger partial charge is 0.259 e. The molecule has 4 rings (SSSR count). The highest BCUT2D eigenvalue weighted by Crippen LogP contribution is 2.28. The summed E-state index contributed by atoms with van der Waals surface area (Å²) in [5, 5.41) is 0.701. The predicted octanol–water partition coefficient (Wildman–Crippen LogP) is 4.36. The van der Waals surface area contributed by atoms with Crippen LogP contribution in [0, 0.1) is 0 Å². The van der Waals surface area contributed by atoms with Gasteiger partial charge in [0.25, 0.3) is 5.91 Å². The highest BCUT2D eigenvalue weighted by Gasteiger charge is 2.17. The zero-order valence-electron chi connectivity index (χ0n) is 13.1. The Labute approximate surface area is 143 Å². The maximum atomic E-state index is 12.8. The van der Waals surface area contributed by atoms with Crippen molar-refractivity contribution in [1.82, 2.24) is 9.55 Å². The van der Waals surface area contributed by atoms with Gasteiger partial charge < -0.3 is 4.57 Å². The Balaban J connectivity index is 1.66. The fourth-order valence-electron chi connectivity index (χ4n) is 2.59. The molecule has 2 aromatic heterocycles. The summed E-state index contributed by atoms with van der Waals surface area (Å²) in [7, 11) is 1.77. The Morgan fingerprint density at radius 1 is 1.04 bits per heavy atom. The Morgan fingerprint density at radius 3 is 2.62 bits per heavy atom. The van der Waals surface area contributed by atoms with Gasteiger partial charge in [-0.2, -0.15) is 0 Å². The molecule has 1 amide bonds. The summed E-state index contributed by atoms with van der Waals surface area (Å²) in [6.45, 7) is 0. The SMILES string of the molecule is CN(C(=O)c1cccc(-n2cccc2)c1)c1nc2ccccc2s1. The number of para-hydroxylation sites is 1. The Morgan fingerprint density at radius 2 is 1.83 bits per heavy atom. The molecule has 0 bridgehead atoms. The normalized spacial score (nSPS) is 10.9. The first kappa shape index (κ1) is 14.7. The molecule has 24 heavy (non-hydrogen) atoms. The molecule has 0 radical (unpaired) electrons. The highest BCUT2D eigenvalue weighted by atomic mass is 32.1. The second-order valence-corrected chi connectivity index (χ2v) is 6.48. The molecule has 0 N–H and O–H groups in total. The third kappa shape index (κ3) is 2.59. The summed E-state index contributed by atoms with van der Waals surface area (Å²) in [4.78, 5) is 19.0. The average Bonchev–Trinajstić information content (AvgIpc) is 3.30. The van der Waals surface area contributed by atoms with Gasteiger partial charge in [0.1, 0.15) is 0 Å². The Bertz CT molecular complexity index is 971. The number of benzene rings is 2. The molecule has 118 valence electrons. The van der Waals surface area contributed by atoms with E-state index in [1.807, 2.05) is 77.6 Å². The second kappa shape index (κ2) is 5.94. The summed E-state index contributed by atoms with van der Waals surface area (Å²) in [6.07, 6.45) is 3.92. The number of thiazole rings is 1. The van der Waals surface area contributed by atoms with Crippen molar-refractivity contribution in [2.24, 2.45) is 0 Å². The van der Waals surface area contributed by atoms with E-state index in [-0.39, 0.29) is 5.91 Å². The number of aromatic nitrogens is 2. The molecule has 0 aliphatic rings. The van der Waals surface area contributed by atoms with Crippen molar-refractivity contribution < 1.29 is 4.79 Å². The van der Waals surface area contributed by atoms with Crippen LogP contribution in [0.4, 0.5) is 5.13 Å². The number of hydrogen-bond acceptors (Lipinski definition) is 3. The minimum atomic E-state index is -0.0666. The molecule has 0 spiro atoms. The molecule has 2 aromatic carbocycles. The van der Waals surface area contributed by atoms with E-state index >= 15 is 0 Å². The van der Waals surface area contributed by atoms with E-state index in [4.69, 9.17) is 0 Å². The molecule has 0 aliphatic carbocycles. The predicted molar refractivity (Wildman–Crippen MR) is 98.1 cm³/mol. The lowest BCUT2D eigenvalue weighted by atomic mass is 10.2. The minimum Gasteiger partial charge on any atom is -0.324 e. The zero-order valence-corrected chi connectivity index (χ0v) is 13.9. The van der Waals surface area contributed by atoms with E-state index in [9.17, 15) is 4.79 Å². The summed E-state index contributed by atoms with van der Waals surface area (Å²) >= 11 is 1.52. The van der Waals surface area contributed by atoms with Crippen LogP contribution in [0.1, 0.15) is 10.4 Å².